The van der Waals surface area contributed by atoms with E-state index < -0.39 is 11.8 Å². The molecule has 0 aliphatic carbocycles. The minimum absolute atomic E-state index is 0.0183. The molecule has 0 aromatic heterocycles. The zero-order chi connectivity index (χ0) is 16.3. The maximum atomic E-state index is 13.7. The number of hydrogen-bond acceptors (Lipinski definition) is 2. The van der Waals surface area contributed by atoms with Crippen LogP contribution in [0.15, 0.2) is 12.1 Å². The number of carbonyl (C=O) groups is 2. The molecule has 1 amide bonds. The molecule has 4 nitrogen and oxygen atoms in total. The van der Waals surface area contributed by atoms with Gasteiger partial charge in [0.05, 0.1) is 10.6 Å². The van der Waals surface area contributed by atoms with Gasteiger partial charge in [0.2, 0.25) is 0 Å². The fraction of sp³-hybridized carbons (Fsp3) is 0.500. The number of carboxylic acid groups (broad SMARTS) is 1. The van der Waals surface area contributed by atoms with Crippen molar-refractivity contribution < 1.29 is 19.1 Å². The largest absolute Gasteiger partial charge is 0.481 e. The quantitative estimate of drug-likeness (QED) is 0.918. The first-order valence-corrected chi connectivity index (χ1v) is 7.76. The van der Waals surface area contributed by atoms with E-state index in [1.54, 1.807) is 11.8 Å². The number of carbonyl (C=O) groups excluding carboxylic acids is 1. The van der Waals surface area contributed by atoms with E-state index in [4.69, 9.17) is 16.7 Å². The summed E-state index contributed by atoms with van der Waals surface area (Å²) in [4.78, 5) is 25.1. The molecule has 6 heteroatoms. The van der Waals surface area contributed by atoms with Crippen LogP contribution < -0.4 is 0 Å². The molecule has 22 heavy (non-hydrogen) atoms. The number of aryl methyl sites for hydroxylation is 1. The SMILES string of the molecule is Cc1cc(Cl)c(C(=O)N2CCCCC2CCC(=O)O)cc1F. The molecule has 2 rings (SSSR count). The van der Waals surface area contributed by atoms with E-state index in [2.05, 4.69) is 0 Å². The van der Waals surface area contributed by atoms with Crippen LogP contribution in [0.2, 0.25) is 5.02 Å². The average molecular weight is 328 g/mol. The Kier molecular flexibility index (Phi) is 5.40. The van der Waals surface area contributed by atoms with Crippen molar-refractivity contribution in [1.29, 1.82) is 0 Å². The summed E-state index contributed by atoms with van der Waals surface area (Å²) in [6, 6.07) is 2.49. The van der Waals surface area contributed by atoms with Crippen LogP contribution in [0.1, 0.15) is 48.0 Å². The number of hydrogen-bond donors (Lipinski definition) is 1. The van der Waals surface area contributed by atoms with Gasteiger partial charge in [-0.15, -0.1) is 0 Å². The van der Waals surface area contributed by atoms with Crippen LogP contribution in [0.25, 0.3) is 0 Å². The van der Waals surface area contributed by atoms with E-state index in [0.717, 1.165) is 19.3 Å². The summed E-state index contributed by atoms with van der Waals surface area (Å²) in [6.45, 7) is 2.14. The monoisotopic (exact) mass is 327 g/mol. The molecule has 0 spiro atoms. The van der Waals surface area contributed by atoms with Crippen molar-refractivity contribution in [3.8, 4) is 0 Å². The normalized spacial score (nSPS) is 18.3. The second kappa shape index (κ2) is 7.09. The fourth-order valence-corrected chi connectivity index (χ4v) is 3.12. The average Bonchev–Trinajstić information content (AvgIpc) is 2.48. The number of likely N-dealkylation sites (tertiary alicyclic amines) is 1. The zero-order valence-corrected chi connectivity index (χ0v) is 13.2. The van der Waals surface area contributed by atoms with Crippen LogP contribution in [-0.2, 0) is 4.79 Å². The second-order valence-electron chi connectivity index (χ2n) is 5.66. The highest BCUT2D eigenvalue weighted by molar-refractivity contribution is 6.33. The Morgan fingerprint density at radius 3 is 2.82 bits per heavy atom. The third-order valence-electron chi connectivity index (χ3n) is 4.06. The van der Waals surface area contributed by atoms with Crippen LogP contribution in [0.5, 0.6) is 0 Å². The molecule has 1 aromatic carbocycles. The number of piperidine rings is 1. The van der Waals surface area contributed by atoms with E-state index in [-0.39, 0.29) is 29.0 Å². The number of rotatable bonds is 4. The lowest BCUT2D eigenvalue weighted by Crippen LogP contribution is -2.44. The molecule has 1 aliphatic rings. The van der Waals surface area contributed by atoms with Crippen LogP contribution in [-0.4, -0.2) is 34.5 Å². The minimum Gasteiger partial charge on any atom is -0.481 e. The summed E-state index contributed by atoms with van der Waals surface area (Å²) in [7, 11) is 0. The molecular formula is C16H19ClFNO3. The van der Waals surface area contributed by atoms with Gasteiger partial charge in [0.15, 0.2) is 0 Å². The number of benzene rings is 1. The highest BCUT2D eigenvalue weighted by Crippen LogP contribution is 2.27. The molecule has 1 N–H and O–H groups in total. The van der Waals surface area contributed by atoms with Gasteiger partial charge in [0.25, 0.3) is 5.91 Å². The van der Waals surface area contributed by atoms with E-state index in [0.29, 0.717) is 18.5 Å². The van der Waals surface area contributed by atoms with Crippen LogP contribution in [0.4, 0.5) is 4.39 Å². The Balaban J connectivity index is 2.21. The van der Waals surface area contributed by atoms with Gasteiger partial charge in [-0.2, -0.15) is 0 Å². The van der Waals surface area contributed by atoms with Crippen LogP contribution in [0.3, 0.4) is 0 Å². The first-order valence-electron chi connectivity index (χ1n) is 7.38. The maximum Gasteiger partial charge on any atom is 0.303 e. The summed E-state index contributed by atoms with van der Waals surface area (Å²) < 4.78 is 13.7. The smallest absolute Gasteiger partial charge is 0.303 e. The maximum absolute atomic E-state index is 13.7. The van der Waals surface area contributed by atoms with Crippen LogP contribution >= 0.6 is 11.6 Å². The van der Waals surface area contributed by atoms with Crippen molar-refractivity contribution in [2.45, 2.75) is 45.1 Å². The molecule has 1 atom stereocenters. The molecule has 1 aromatic rings. The number of halogens is 2. The van der Waals surface area contributed by atoms with Gasteiger partial charge in [-0.1, -0.05) is 11.6 Å². The molecule has 0 bridgehead atoms. The number of carboxylic acids is 1. The van der Waals surface area contributed by atoms with Crippen molar-refractivity contribution in [2.24, 2.45) is 0 Å². The molecule has 0 saturated carbocycles. The summed E-state index contributed by atoms with van der Waals surface area (Å²) in [6.07, 6.45) is 3.02. The zero-order valence-electron chi connectivity index (χ0n) is 12.4. The van der Waals surface area contributed by atoms with Gasteiger partial charge in [-0.05, 0) is 50.3 Å². The first-order chi connectivity index (χ1) is 10.4. The van der Waals surface area contributed by atoms with E-state index in [9.17, 15) is 14.0 Å². The predicted molar refractivity (Wildman–Crippen MR) is 81.7 cm³/mol. The van der Waals surface area contributed by atoms with Crippen molar-refractivity contribution in [1.82, 2.24) is 4.90 Å². The minimum atomic E-state index is -0.877. The molecule has 1 saturated heterocycles. The van der Waals surface area contributed by atoms with E-state index in [1.165, 1.54) is 12.1 Å². The molecule has 1 unspecified atom stereocenters. The molecular weight excluding hydrogens is 309 g/mol. The van der Waals surface area contributed by atoms with Crippen LogP contribution in [0, 0.1) is 12.7 Å². The molecule has 1 aliphatic heterocycles. The molecule has 1 fully saturated rings. The van der Waals surface area contributed by atoms with Crippen molar-refractivity contribution in [3.63, 3.8) is 0 Å². The summed E-state index contributed by atoms with van der Waals surface area (Å²) in [5.41, 5.74) is 0.537. The van der Waals surface area contributed by atoms with E-state index in [1.807, 2.05) is 0 Å². The molecule has 1 heterocycles. The third-order valence-corrected chi connectivity index (χ3v) is 4.37. The molecule has 120 valence electrons. The van der Waals surface area contributed by atoms with Crippen molar-refractivity contribution in [2.75, 3.05) is 6.54 Å². The predicted octanol–water partition coefficient (Wildman–Crippen LogP) is 3.65. The molecule has 0 radical (unpaired) electrons. The summed E-state index contributed by atoms with van der Waals surface area (Å²) >= 11 is 6.08. The number of amides is 1. The van der Waals surface area contributed by atoms with Gasteiger partial charge >= 0.3 is 5.97 Å². The van der Waals surface area contributed by atoms with Crippen molar-refractivity contribution >= 4 is 23.5 Å². The van der Waals surface area contributed by atoms with Gasteiger partial charge < -0.3 is 10.0 Å². The lowest BCUT2D eigenvalue weighted by Gasteiger charge is -2.36. The Morgan fingerprint density at radius 2 is 2.14 bits per heavy atom. The number of nitrogens with zero attached hydrogens (tertiary/aromatic N) is 1. The van der Waals surface area contributed by atoms with Gasteiger partial charge in [-0.3, -0.25) is 9.59 Å². The summed E-state index contributed by atoms with van der Waals surface area (Å²) in [5.74, 6) is -1.66. The first kappa shape index (κ1) is 16.7. The Bertz CT molecular complexity index is 591. The third kappa shape index (κ3) is 3.77. The van der Waals surface area contributed by atoms with Gasteiger partial charge in [0, 0.05) is 19.0 Å². The highest BCUT2D eigenvalue weighted by atomic mass is 35.5. The lowest BCUT2D eigenvalue weighted by atomic mass is 9.96. The Hall–Kier alpha value is -1.62. The van der Waals surface area contributed by atoms with Crippen molar-refractivity contribution in [3.05, 3.63) is 34.1 Å². The highest BCUT2D eigenvalue weighted by Gasteiger charge is 2.29. The summed E-state index contributed by atoms with van der Waals surface area (Å²) in [5, 5.41) is 9.05. The topological polar surface area (TPSA) is 57.6 Å². The van der Waals surface area contributed by atoms with Gasteiger partial charge in [0.1, 0.15) is 5.82 Å². The number of aliphatic carboxylic acids is 1. The lowest BCUT2D eigenvalue weighted by molar-refractivity contribution is -0.137. The van der Waals surface area contributed by atoms with Gasteiger partial charge in [-0.25, -0.2) is 4.39 Å². The Morgan fingerprint density at radius 1 is 1.41 bits per heavy atom. The standard InChI is InChI=1S/C16H19ClFNO3/c1-10-8-13(17)12(9-14(10)18)16(22)19-7-3-2-4-11(19)5-6-15(20)21/h8-9,11H,2-7H2,1H3,(H,20,21). The van der Waals surface area contributed by atoms with E-state index >= 15 is 0 Å². The second-order valence-corrected chi connectivity index (χ2v) is 6.07. The fourth-order valence-electron chi connectivity index (χ4n) is 2.82. The Labute approximate surface area is 133 Å².